The van der Waals surface area contributed by atoms with E-state index >= 15 is 0 Å². The summed E-state index contributed by atoms with van der Waals surface area (Å²) in [6, 6.07) is 16.2. The molecule has 2 N–H and O–H groups in total. The van der Waals surface area contributed by atoms with Crippen LogP contribution in [0.25, 0.3) is 12.2 Å². The van der Waals surface area contributed by atoms with Crippen LogP contribution in [0, 0.1) is 0 Å². The van der Waals surface area contributed by atoms with Crippen molar-refractivity contribution in [2.45, 2.75) is 65.3 Å². The highest BCUT2D eigenvalue weighted by Crippen LogP contribution is 2.23. The summed E-state index contributed by atoms with van der Waals surface area (Å²) in [6.45, 7) is 15.2. The van der Waals surface area contributed by atoms with Gasteiger partial charge in [0.25, 0.3) is 0 Å². The molecule has 176 valence electrons. The number of hydrogen-bond acceptors (Lipinski definition) is 2. The van der Waals surface area contributed by atoms with Crippen molar-refractivity contribution in [2.75, 3.05) is 6.54 Å². The number of hydrogen-bond donors (Lipinski definition) is 2. The van der Waals surface area contributed by atoms with E-state index in [0.29, 0.717) is 6.54 Å². The minimum atomic E-state index is -0.189. The van der Waals surface area contributed by atoms with E-state index < -0.39 is 0 Å². The topological polar surface area (TPSA) is 58.2 Å². The lowest BCUT2D eigenvalue weighted by Crippen LogP contribution is -2.40. The first-order chi connectivity index (χ1) is 15.3. The number of benzene rings is 2. The third-order valence-corrected chi connectivity index (χ3v) is 5.38. The summed E-state index contributed by atoms with van der Waals surface area (Å²) < 4.78 is 0. The van der Waals surface area contributed by atoms with Crippen LogP contribution in [0.2, 0.25) is 0 Å². The fraction of sp³-hybridized carbons (Fsp3) is 0.379. The van der Waals surface area contributed by atoms with Gasteiger partial charge in [0, 0.05) is 24.7 Å². The van der Waals surface area contributed by atoms with Crippen molar-refractivity contribution in [1.29, 1.82) is 0 Å². The molecule has 0 aliphatic carbocycles. The number of rotatable bonds is 7. The molecule has 0 radical (unpaired) electrons. The van der Waals surface area contributed by atoms with Gasteiger partial charge in [0.15, 0.2) is 0 Å². The van der Waals surface area contributed by atoms with E-state index in [1.807, 2.05) is 31.2 Å². The molecule has 0 heterocycles. The third kappa shape index (κ3) is 9.09. The monoisotopic (exact) mass is 446 g/mol. The highest BCUT2D eigenvalue weighted by Gasteiger charge is 2.13. The van der Waals surface area contributed by atoms with Gasteiger partial charge in [-0.3, -0.25) is 9.59 Å². The molecule has 4 heteroatoms. The van der Waals surface area contributed by atoms with E-state index in [1.165, 1.54) is 23.3 Å². The normalized spacial score (nSPS) is 13.3. The van der Waals surface area contributed by atoms with Crippen molar-refractivity contribution < 1.29 is 9.59 Å². The lowest BCUT2D eigenvalue weighted by molar-refractivity contribution is -0.118. The Hall–Kier alpha value is -3.14. The standard InChI is InChI=1S/C29H38N2O2/c1-21(31-27(33)19-13-23-10-16-25(17-11-23)29(5,6)7)20-30-26(32)18-12-22-8-14-24(15-9-22)28(2,3)4/h8-19,21H,20H2,1-7H3,(H,30,32)(H,31,33)/b18-12-,19-13-/t21-/m1/s1. The maximum absolute atomic E-state index is 12.2. The summed E-state index contributed by atoms with van der Waals surface area (Å²) in [5, 5.41) is 5.69. The van der Waals surface area contributed by atoms with Gasteiger partial charge in [0.05, 0.1) is 0 Å². The Balaban J connectivity index is 1.78. The van der Waals surface area contributed by atoms with Crippen LogP contribution in [0.15, 0.2) is 60.7 Å². The highest BCUT2D eigenvalue weighted by atomic mass is 16.2. The zero-order valence-corrected chi connectivity index (χ0v) is 21.0. The molecule has 0 fully saturated rings. The zero-order chi connectivity index (χ0) is 24.6. The van der Waals surface area contributed by atoms with Gasteiger partial charge in [0.1, 0.15) is 0 Å². The molecule has 0 unspecified atom stereocenters. The van der Waals surface area contributed by atoms with Crippen LogP contribution in [0.5, 0.6) is 0 Å². The molecule has 2 amide bonds. The van der Waals surface area contributed by atoms with E-state index in [0.717, 1.165) is 11.1 Å². The first-order valence-electron chi connectivity index (χ1n) is 11.5. The zero-order valence-electron chi connectivity index (χ0n) is 21.0. The fourth-order valence-corrected chi connectivity index (χ4v) is 3.19. The lowest BCUT2D eigenvalue weighted by atomic mass is 9.87. The average molecular weight is 447 g/mol. The Morgan fingerprint density at radius 1 is 0.727 bits per heavy atom. The molecule has 2 aromatic rings. The molecule has 33 heavy (non-hydrogen) atoms. The lowest BCUT2D eigenvalue weighted by Gasteiger charge is -2.18. The molecule has 2 rings (SSSR count). The first kappa shape index (κ1) is 26.1. The van der Waals surface area contributed by atoms with Crippen LogP contribution >= 0.6 is 0 Å². The van der Waals surface area contributed by atoms with Crippen molar-refractivity contribution in [1.82, 2.24) is 10.6 Å². The maximum atomic E-state index is 12.2. The second-order valence-corrected chi connectivity index (χ2v) is 10.6. The predicted molar refractivity (Wildman–Crippen MR) is 139 cm³/mol. The van der Waals surface area contributed by atoms with Crippen molar-refractivity contribution in [3.63, 3.8) is 0 Å². The van der Waals surface area contributed by atoms with Crippen LogP contribution in [-0.4, -0.2) is 24.4 Å². The third-order valence-electron chi connectivity index (χ3n) is 5.38. The molecular formula is C29H38N2O2. The summed E-state index contributed by atoms with van der Waals surface area (Å²) in [5.74, 6) is -0.378. The van der Waals surface area contributed by atoms with Crippen LogP contribution in [0.1, 0.15) is 70.7 Å². The number of carbonyl (C=O) groups is 2. The van der Waals surface area contributed by atoms with Crippen molar-refractivity contribution in [3.05, 3.63) is 82.9 Å². The van der Waals surface area contributed by atoms with Crippen molar-refractivity contribution in [3.8, 4) is 0 Å². The number of nitrogens with one attached hydrogen (secondary N) is 2. The largest absolute Gasteiger partial charge is 0.351 e. The van der Waals surface area contributed by atoms with Crippen molar-refractivity contribution in [2.24, 2.45) is 0 Å². The van der Waals surface area contributed by atoms with Crippen LogP contribution in [-0.2, 0) is 20.4 Å². The van der Waals surface area contributed by atoms with Gasteiger partial charge < -0.3 is 10.6 Å². The summed E-state index contributed by atoms with van der Waals surface area (Å²) in [4.78, 5) is 24.3. The van der Waals surface area contributed by atoms with Crippen molar-refractivity contribution >= 4 is 24.0 Å². The Morgan fingerprint density at radius 3 is 1.52 bits per heavy atom. The minimum absolute atomic E-state index is 0.103. The summed E-state index contributed by atoms with van der Waals surface area (Å²) in [5.41, 5.74) is 4.66. The molecule has 0 aromatic heterocycles. The Bertz CT molecular complexity index is 986. The second kappa shape index (κ2) is 11.1. The van der Waals surface area contributed by atoms with Crippen LogP contribution in [0.4, 0.5) is 0 Å². The number of carbonyl (C=O) groups excluding carboxylic acids is 2. The second-order valence-electron chi connectivity index (χ2n) is 10.6. The molecule has 0 saturated carbocycles. The Kier molecular flexibility index (Phi) is 8.81. The first-order valence-corrected chi connectivity index (χ1v) is 11.5. The van der Waals surface area contributed by atoms with Crippen LogP contribution < -0.4 is 10.6 Å². The van der Waals surface area contributed by atoms with E-state index in [-0.39, 0.29) is 28.7 Å². The highest BCUT2D eigenvalue weighted by molar-refractivity contribution is 5.93. The van der Waals surface area contributed by atoms with Crippen LogP contribution in [0.3, 0.4) is 0 Å². The molecule has 0 spiro atoms. The smallest absolute Gasteiger partial charge is 0.244 e. The predicted octanol–water partition coefficient (Wildman–Crippen LogP) is 5.63. The van der Waals surface area contributed by atoms with Gasteiger partial charge in [-0.1, -0.05) is 90.1 Å². The maximum Gasteiger partial charge on any atom is 0.244 e. The molecule has 0 aliphatic heterocycles. The SMILES string of the molecule is C[C@H](CNC(=O)/C=C\c1ccc(C(C)(C)C)cc1)NC(=O)/C=C\c1ccc(C(C)(C)C)cc1. The molecule has 2 aromatic carbocycles. The molecule has 0 bridgehead atoms. The molecule has 0 aliphatic rings. The van der Waals surface area contributed by atoms with E-state index in [1.54, 1.807) is 12.2 Å². The summed E-state index contributed by atoms with van der Waals surface area (Å²) in [6.07, 6.45) is 6.62. The molecule has 0 saturated heterocycles. The molecular weight excluding hydrogens is 408 g/mol. The van der Waals surface area contributed by atoms with E-state index in [2.05, 4.69) is 76.4 Å². The summed E-state index contributed by atoms with van der Waals surface area (Å²) >= 11 is 0. The van der Waals surface area contributed by atoms with Gasteiger partial charge in [-0.25, -0.2) is 0 Å². The summed E-state index contributed by atoms with van der Waals surface area (Å²) in [7, 11) is 0. The Morgan fingerprint density at radius 2 is 1.12 bits per heavy atom. The fourth-order valence-electron chi connectivity index (χ4n) is 3.19. The Labute approximate surface area is 199 Å². The van der Waals surface area contributed by atoms with E-state index in [9.17, 15) is 9.59 Å². The van der Waals surface area contributed by atoms with Gasteiger partial charge >= 0.3 is 0 Å². The number of amides is 2. The minimum Gasteiger partial charge on any atom is -0.351 e. The molecule has 1 atom stereocenters. The van der Waals surface area contributed by atoms with Gasteiger partial charge in [-0.2, -0.15) is 0 Å². The quantitative estimate of drug-likeness (QED) is 0.542. The van der Waals surface area contributed by atoms with Gasteiger partial charge in [-0.05, 0) is 52.2 Å². The van der Waals surface area contributed by atoms with E-state index in [4.69, 9.17) is 0 Å². The van der Waals surface area contributed by atoms with Gasteiger partial charge in [-0.15, -0.1) is 0 Å². The van der Waals surface area contributed by atoms with Gasteiger partial charge in [0.2, 0.25) is 11.8 Å². The average Bonchev–Trinajstić information content (AvgIpc) is 2.74. The molecule has 4 nitrogen and oxygen atoms in total.